The Morgan fingerprint density at radius 3 is 2.88 bits per heavy atom. The first kappa shape index (κ1) is 16.1. The van der Waals surface area contributed by atoms with Crippen LogP contribution in [0.3, 0.4) is 0 Å². The molecule has 26 heavy (non-hydrogen) atoms. The molecule has 1 amide bonds. The third-order valence-electron chi connectivity index (χ3n) is 4.19. The molecule has 0 atom stereocenters. The number of imidazole rings is 1. The fourth-order valence-electron chi connectivity index (χ4n) is 3.02. The summed E-state index contributed by atoms with van der Waals surface area (Å²) in [5.41, 5.74) is 5.64. The van der Waals surface area contributed by atoms with Crippen LogP contribution in [0.25, 0.3) is 11.0 Å². The lowest BCUT2D eigenvalue weighted by Crippen LogP contribution is -2.14. The molecule has 4 rings (SSSR count). The second kappa shape index (κ2) is 6.84. The van der Waals surface area contributed by atoms with Gasteiger partial charge in [-0.15, -0.1) is 0 Å². The van der Waals surface area contributed by atoms with Gasteiger partial charge in [0.2, 0.25) is 5.91 Å². The summed E-state index contributed by atoms with van der Waals surface area (Å²) in [6.45, 7) is 2.61. The van der Waals surface area contributed by atoms with E-state index in [1.54, 1.807) is 0 Å². The molecule has 2 aromatic carbocycles. The van der Waals surface area contributed by atoms with Crippen LogP contribution in [0.5, 0.6) is 0 Å². The number of anilines is 1. The number of carbonyl (C=O) groups excluding carboxylic acids is 1. The molecule has 0 saturated heterocycles. The highest BCUT2D eigenvalue weighted by Crippen LogP contribution is 2.16. The van der Waals surface area contributed by atoms with Gasteiger partial charge in [0, 0.05) is 17.9 Å². The smallest absolute Gasteiger partial charge is 0.230 e. The second-order valence-electron chi connectivity index (χ2n) is 6.33. The van der Waals surface area contributed by atoms with Crippen molar-refractivity contribution < 1.29 is 4.79 Å². The molecular weight excluding hydrogens is 326 g/mol. The van der Waals surface area contributed by atoms with Gasteiger partial charge < -0.3 is 9.88 Å². The van der Waals surface area contributed by atoms with Gasteiger partial charge in [-0.25, -0.2) is 4.98 Å². The van der Waals surface area contributed by atoms with Gasteiger partial charge in [-0.1, -0.05) is 24.3 Å². The van der Waals surface area contributed by atoms with Gasteiger partial charge >= 0.3 is 0 Å². The Balaban J connectivity index is 1.47. The lowest BCUT2D eigenvalue weighted by molar-refractivity contribution is -0.115. The van der Waals surface area contributed by atoms with E-state index in [0.717, 1.165) is 33.7 Å². The summed E-state index contributed by atoms with van der Waals surface area (Å²) in [4.78, 5) is 16.6. The SMILES string of the molecule is Cc1cc(CC(=O)Nc2cccc(Cn3cnc4ccccc43)c2)n[nH]1. The summed E-state index contributed by atoms with van der Waals surface area (Å²) in [5, 5.41) is 9.88. The number of aromatic nitrogens is 4. The van der Waals surface area contributed by atoms with Gasteiger partial charge in [-0.3, -0.25) is 9.89 Å². The van der Waals surface area contributed by atoms with Gasteiger partial charge in [0.1, 0.15) is 0 Å². The number of aromatic amines is 1. The number of fused-ring (bicyclic) bond motifs is 1. The second-order valence-corrected chi connectivity index (χ2v) is 6.33. The number of amides is 1. The van der Waals surface area contributed by atoms with Crippen molar-refractivity contribution >= 4 is 22.6 Å². The van der Waals surface area contributed by atoms with E-state index in [2.05, 4.69) is 31.1 Å². The van der Waals surface area contributed by atoms with E-state index in [4.69, 9.17) is 0 Å². The quantitative estimate of drug-likeness (QED) is 0.583. The first-order valence-electron chi connectivity index (χ1n) is 8.47. The molecule has 2 heterocycles. The number of nitrogens with one attached hydrogen (secondary N) is 2. The van der Waals surface area contributed by atoms with Crippen LogP contribution in [0.1, 0.15) is 17.0 Å². The van der Waals surface area contributed by atoms with Crippen LogP contribution in [0.4, 0.5) is 5.69 Å². The minimum Gasteiger partial charge on any atom is -0.326 e. The van der Waals surface area contributed by atoms with Gasteiger partial charge in [0.25, 0.3) is 0 Å². The highest BCUT2D eigenvalue weighted by Gasteiger charge is 2.08. The number of rotatable bonds is 5. The van der Waals surface area contributed by atoms with E-state index in [9.17, 15) is 4.79 Å². The largest absolute Gasteiger partial charge is 0.326 e. The molecular formula is C20H19N5O. The zero-order valence-corrected chi connectivity index (χ0v) is 14.4. The summed E-state index contributed by atoms with van der Waals surface area (Å²) in [7, 11) is 0. The van der Waals surface area contributed by atoms with E-state index >= 15 is 0 Å². The third kappa shape index (κ3) is 3.49. The number of carbonyl (C=O) groups is 1. The Hall–Kier alpha value is -3.41. The summed E-state index contributed by atoms with van der Waals surface area (Å²) in [5.74, 6) is -0.0817. The molecule has 0 aliphatic rings. The third-order valence-corrected chi connectivity index (χ3v) is 4.19. The Labute approximate surface area is 150 Å². The number of nitrogens with zero attached hydrogens (tertiary/aromatic N) is 3. The average Bonchev–Trinajstić information content (AvgIpc) is 3.22. The fourth-order valence-corrected chi connectivity index (χ4v) is 3.02. The van der Waals surface area contributed by atoms with Crippen LogP contribution in [0.2, 0.25) is 0 Å². The molecule has 4 aromatic rings. The number of H-pyrrole nitrogens is 1. The molecule has 0 aliphatic heterocycles. The van der Waals surface area contributed by atoms with Crippen molar-refractivity contribution in [2.24, 2.45) is 0 Å². The Bertz CT molecular complexity index is 1060. The Kier molecular flexibility index (Phi) is 4.23. The van der Waals surface area contributed by atoms with Crippen molar-refractivity contribution in [1.82, 2.24) is 19.7 Å². The van der Waals surface area contributed by atoms with E-state index < -0.39 is 0 Å². The van der Waals surface area contributed by atoms with Crippen LogP contribution in [-0.4, -0.2) is 25.7 Å². The van der Waals surface area contributed by atoms with Crippen molar-refractivity contribution in [3.8, 4) is 0 Å². The van der Waals surface area contributed by atoms with Crippen LogP contribution in [-0.2, 0) is 17.8 Å². The average molecular weight is 345 g/mol. The molecule has 0 spiro atoms. The van der Waals surface area contributed by atoms with Gasteiger partial charge in [-0.2, -0.15) is 5.10 Å². The molecule has 0 fully saturated rings. The first-order chi connectivity index (χ1) is 12.7. The number of hydrogen-bond acceptors (Lipinski definition) is 3. The van der Waals surface area contributed by atoms with Crippen molar-refractivity contribution in [2.45, 2.75) is 19.9 Å². The van der Waals surface area contributed by atoms with Crippen LogP contribution >= 0.6 is 0 Å². The normalized spacial score (nSPS) is 11.0. The summed E-state index contributed by atoms with van der Waals surface area (Å²) >= 11 is 0. The Morgan fingerprint density at radius 1 is 1.15 bits per heavy atom. The number of aryl methyl sites for hydroxylation is 1. The lowest BCUT2D eigenvalue weighted by atomic mass is 10.2. The predicted molar refractivity (Wildman–Crippen MR) is 101 cm³/mol. The highest BCUT2D eigenvalue weighted by molar-refractivity contribution is 5.92. The maximum Gasteiger partial charge on any atom is 0.230 e. The fraction of sp³-hybridized carbons (Fsp3) is 0.150. The number of para-hydroxylation sites is 2. The van der Waals surface area contributed by atoms with Crippen molar-refractivity contribution in [3.05, 3.63) is 77.9 Å². The summed E-state index contributed by atoms with van der Waals surface area (Å²) in [6.07, 6.45) is 2.09. The zero-order valence-electron chi connectivity index (χ0n) is 14.4. The molecule has 130 valence electrons. The molecule has 0 bridgehead atoms. The highest BCUT2D eigenvalue weighted by atomic mass is 16.1. The van der Waals surface area contributed by atoms with Gasteiger partial charge in [-0.05, 0) is 42.8 Å². The first-order valence-corrected chi connectivity index (χ1v) is 8.47. The van der Waals surface area contributed by atoms with E-state index in [1.165, 1.54) is 0 Å². The molecule has 6 heteroatoms. The molecule has 2 aromatic heterocycles. The Morgan fingerprint density at radius 2 is 2.04 bits per heavy atom. The lowest BCUT2D eigenvalue weighted by Gasteiger charge is -2.08. The van der Waals surface area contributed by atoms with Crippen LogP contribution in [0, 0.1) is 6.92 Å². The maximum absolute atomic E-state index is 12.2. The van der Waals surface area contributed by atoms with E-state index in [-0.39, 0.29) is 12.3 Å². The van der Waals surface area contributed by atoms with Gasteiger partial charge in [0.05, 0.1) is 29.5 Å². The van der Waals surface area contributed by atoms with Crippen LogP contribution in [0.15, 0.2) is 60.9 Å². The zero-order chi connectivity index (χ0) is 17.9. The molecule has 0 unspecified atom stereocenters. The van der Waals surface area contributed by atoms with E-state index in [1.807, 2.05) is 61.8 Å². The monoisotopic (exact) mass is 345 g/mol. The van der Waals surface area contributed by atoms with Crippen LogP contribution < -0.4 is 5.32 Å². The van der Waals surface area contributed by atoms with Gasteiger partial charge in [0.15, 0.2) is 0 Å². The molecule has 0 radical (unpaired) electrons. The minimum atomic E-state index is -0.0817. The molecule has 2 N–H and O–H groups in total. The standard InChI is InChI=1S/C20H19N5O/c1-14-9-17(24-23-14)11-20(26)22-16-6-4-5-15(10-16)12-25-13-21-18-7-2-3-8-19(18)25/h2-10,13H,11-12H2,1H3,(H,22,26)(H,23,24). The predicted octanol–water partition coefficient (Wildman–Crippen LogP) is 3.30. The van der Waals surface area contributed by atoms with Crippen molar-refractivity contribution in [1.29, 1.82) is 0 Å². The topological polar surface area (TPSA) is 75.6 Å². The summed E-state index contributed by atoms with van der Waals surface area (Å²) in [6, 6.07) is 17.8. The minimum absolute atomic E-state index is 0.0817. The number of benzene rings is 2. The molecule has 0 saturated carbocycles. The van der Waals surface area contributed by atoms with Crippen molar-refractivity contribution in [2.75, 3.05) is 5.32 Å². The maximum atomic E-state index is 12.2. The molecule has 6 nitrogen and oxygen atoms in total. The van der Waals surface area contributed by atoms with E-state index in [0.29, 0.717) is 6.54 Å². The molecule has 0 aliphatic carbocycles. The summed E-state index contributed by atoms with van der Waals surface area (Å²) < 4.78 is 2.10. The number of hydrogen-bond donors (Lipinski definition) is 2. The van der Waals surface area contributed by atoms with Crippen molar-refractivity contribution in [3.63, 3.8) is 0 Å².